The van der Waals surface area contributed by atoms with Crippen molar-refractivity contribution in [3.05, 3.63) is 91.1 Å². The molecule has 0 bridgehead atoms. The van der Waals surface area contributed by atoms with Gasteiger partial charge < -0.3 is 15.2 Å². The predicted octanol–water partition coefficient (Wildman–Crippen LogP) is 5.13. The second-order valence-corrected chi connectivity index (χ2v) is 10.4. The summed E-state index contributed by atoms with van der Waals surface area (Å²) in [7, 11) is 0. The van der Waals surface area contributed by atoms with E-state index >= 15 is 0 Å². The summed E-state index contributed by atoms with van der Waals surface area (Å²) in [6, 6.07) is 20.8. The molecule has 3 aromatic heterocycles. The number of carbonyl (C=O) groups excluding carboxylic acids is 1. The van der Waals surface area contributed by atoms with E-state index in [0.29, 0.717) is 36.7 Å². The minimum Gasteiger partial charge on any atom is -0.355 e. The van der Waals surface area contributed by atoms with Gasteiger partial charge in [-0.3, -0.25) is 14.3 Å². The molecule has 0 aliphatic carbocycles. The van der Waals surface area contributed by atoms with Crippen LogP contribution in [0.4, 0.5) is 11.5 Å². The maximum absolute atomic E-state index is 12.8. The van der Waals surface area contributed by atoms with E-state index < -0.39 is 0 Å². The monoisotopic (exact) mass is 536 g/mol. The number of imidazole rings is 1. The lowest BCUT2D eigenvalue weighted by Crippen LogP contribution is -2.42. The summed E-state index contributed by atoms with van der Waals surface area (Å²) in [5.74, 6) is 1.35. The number of nitrogens with zero attached hydrogens (tertiary/aromatic N) is 6. The van der Waals surface area contributed by atoms with Crippen LogP contribution in [0.3, 0.4) is 0 Å². The van der Waals surface area contributed by atoms with Crippen LogP contribution in [0.2, 0.25) is 0 Å². The molecule has 0 aliphatic rings. The molecule has 0 spiro atoms. The summed E-state index contributed by atoms with van der Waals surface area (Å²) in [5, 5.41) is 16.3. The molecule has 2 aromatic carbocycles. The van der Waals surface area contributed by atoms with E-state index in [-0.39, 0.29) is 5.91 Å². The smallest absolute Gasteiger partial charge is 0.224 e. The lowest BCUT2D eigenvalue weighted by molar-refractivity contribution is -0.120. The van der Waals surface area contributed by atoms with Crippen LogP contribution in [-0.4, -0.2) is 60.3 Å². The van der Waals surface area contributed by atoms with Crippen LogP contribution >= 0.6 is 0 Å². The first-order valence-electron chi connectivity index (χ1n) is 13.7. The highest BCUT2D eigenvalue weighted by Gasteiger charge is 2.16. The molecule has 3 heterocycles. The number of nitrogens with one attached hydrogen (secondary N) is 2. The molecule has 9 nitrogen and oxygen atoms in total. The fourth-order valence-electron chi connectivity index (χ4n) is 5.05. The zero-order valence-corrected chi connectivity index (χ0v) is 23.5. The van der Waals surface area contributed by atoms with Crippen molar-refractivity contribution in [2.24, 2.45) is 0 Å². The zero-order valence-electron chi connectivity index (χ0n) is 23.5. The second-order valence-electron chi connectivity index (χ2n) is 10.4. The Bertz CT molecular complexity index is 1530. The van der Waals surface area contributed by atoms with Gasteiger partial charge in [-0.05, 0) is 75.7 Å². The summed E-state index contributed by atoms with van der Waals surface area (Å²) in [6.07, 6.45) is 7.72. The number of carbonyl (C=O) groups is 1. The maximum atomic E-state index is 12.8. The third-order valence-corrected chi connectivity index (χ3v) is 7.00. The van der Waals surface area contributed by atoms with E-state index in [1.807, 2.05) is 82.2 Å². The molecule has 40 heavy (non-hydrogen) atoms. The highest BCUT2D eigenvalue weighted by molar-refractivity contribution is 5.90. The molecule has 0 saturated carbocycles. The van der Waals surface area contributed by atoms with Gasteiger partial charge in [-0.2, -0.15) is 0 Å². The molecule has 5 rings (SSSR count). The van der Waals surface area contributed by atoms with Crippen molar-refractivity contribution in [1.29, 1.82) is 0 Å². The third kappa shape index (κ3) is 6.21. The number of anilines is 2. The van der Waals surface area contributed by atoms with Gasteiger partial charge >= 0.3 is 0 Å². The van der Waals surface area contributed by atoms with Crippen LogP contribution < -0.4 is 10.6 Å². The Balaban J connectivity index is 1.26. The van der Waals surface area contributed by atoms with Crippen molar-refractivity contribution in [1.82, 2.24) is 34.5 Å². The van der Waals surface area contributed by atoms with E-state index in [1.165, 1.54) is 0 Å². The van der Waals surface area contributed by atoms with Crippen molar-refractivity contribution < 1.29 is 4.79 Å². The predicted molar refractivity (Wildman–Crippen MR) is 159 cm³/mol. The summed E-state index contributed by atoms with van der Waals surface area (Å²) >= 11 is 0. The number of fused-ring (bicyclic) bond motifs is 1. The Morgan fingerprint density at radius 2 is 1.73 bits per heavy atom. The first-order valence-corrected chi connectivity index (χ1v) is 13.7. The van der Waals surface area contributed by atoms with Crippen molar-refractivity contribution >= 4 is 28.3 Å². The van der Waals surface area contributed by atoms with E-state index in [1.54, 1.807) is 12.5 Å². The molecular formula is C31H36N8O. The highest BCUT2D eigenvalue weighted by Crippen LogP contribution is 2.25. The maximum Gasteiger partial charge on any atom is 0.224 e. The average molecular weight is 537 g/mol. The number of para-hydroxylation sites is 1. The Kier molecular flexibility index (Phi) is 8.21. The third-order valence-electron chi connectivity index (χ3n) is 7.00. The van der Waals surface area contributed by atoms with Crippen LogP contribution in [0, 0.1) is 0 Å². The molecule has 206 valence electrons. The molecule has 0 atom stereocenters. The molecule has 0 aliphatic heterocycles. The Morgan fingerprint density at radius 3 is 2.40 bits per heavy atom. The van der Waals surface area contributed by atoms with Gasteiger partial charge in [-0.25, -0.2) is 4.98 Å². The molecule has 0 unspecified atom stereocenters. The largest absolute Gasteiger partial charge is 0.355 e. The Labute approximate surface area is 234 Å². The summed E-state index contributed by atoms with van der Waals surface area (Å²) in [4.78, 5) is 19.3. The van der Waals surface area contributed by atoms with Gasteiger partial charge in [0.2, 0.25) is 5.91 Å². The average Bonchev–Trinajstić information content (AvgIpc) is 3.61. The van der Waals surface area contributed by atoms with Crippen molar-refractivity contribution in [3.63, 3.8) is 0 Å². The standard InChI is InChI=1S/C31H36N8O/c1-22(2)38(23(3)4)18-16-33-31(40)19-24-20-39(28-8-6-5-7-27(24)28)30-14-13-29(35-36-30)34-25-9-11-26(12-10-25)37-17-15-32-21-37/h5-15,17,20-23H,16,18-19H2,1-4H3,(H,33,40)(H,34,35). The number of amides is 1. The van der Waals surface area contributed by atoms with E-state index in [2.05, 4.69) is 58.4 Å². The Morgan fingerprint density at radius 1 is 0.950 bits per heavy atom. The van der Waals surface area contributed by atoms with Gasteiger partial charge in [-0.15, -0.1) is 10.2 Å². The molecule has 9 heteroatoms. The minimum atomic E-state index is 0.0139. The fraction of sp³-hybridized carbons (Fsp3) is 0.290. The SMILES string of the molecule is CC(C)N(CCNC(=O)Cc1cn(-c2ccc(Nc3ccc(-n4ccnc4)cc3)nn2)c2ccccc12)C(C)C. The Hall–Kier alpha value is -4.50. The lowest BCUT2D eigenvalue weighted by Gasteiger charge is -2.30. The van der Waals surface area contributed by atoms with E-state index in [9.17, 15) is 4.79 Å². The van der Waals surface area contributed by atoms with Crippen LogP contribution in [0.25, 0.3) is 22.4 Å². The summed E-state index contributed by atoms with van der Waals surface area (Å²) in [5.41, 5.74) is 3.89. The minimum absolute atomic E-state index is 0.0139. The topological polar surface area (TPSA) is 92.9 Å². The first-order chi connectivity index (χ1) is 19.4. The molecule has 0 fully saturated rings. The van der Waals surface area contributed by atoms with E-state index in [0.717, 1.165) is 34.4 Å². The number of aromatic nitrogens is 5. The lowest BCUT2D eigenvalue weighted by atomic mass is 10.1. The van der Waals surface area contributed by atoms with Crippen LogP contribution in [0.15, 0.2) is 85.6 Å². The van der Waals surface area contributed by atoms with Crippen LogP contribution in [-0.2, 0) is 11.2 Å². The molecule has 1 amide bonds. The van der Waals surface area contributed by atoms with Gasteiger partial charge in [0, 0.05) is 60.5 Å². The van der Waals surface area contributed by atoms with Gasteiger partial charge in [0.1, 0.15) is 0 Å². The van der Waals surface area contributed by atoms with Crippen LogP contribution in [0.5, 0.6) is 0 Å². The normalized spacial score (nSPS) is 11.6. The van der Waals surface area contributed by atoms with Gasteiger partial charge in [0.15, 0.2) is 11.6 Å². The fourth-order valence-corrected chi connectivity index (χ4v) is 5.05. The first kappa shape index (κ1) is 27.1. The molecule has 0 radical (unpaired) electrons. The molecule has 2 N–H and O–H groups in total. The van der Waals surface area contributed by atoms with Gasteiger partial charge in [-0.1, -0.05) is 18.2 Å². The van der Waals surface area contributed by atoms with Crippen molar-refractivity contribution in [2.75, 3.05) is 18.4 Å². The number of hydrogen-bond donors (Lipinski definition) is 2. The van der Waals surface area contributed by atoms with Gasteiger partial charge in [0.05, 0.1) is 18.3 Å². The zero-order chi connectivity index (χ0) is 28.1. The second kappa shape index (κ2) is 12.1. The highest BCUT2D eigenvalue weighted by atomic mass is 16.1. The van der Waals surface area contributed by atoms with Crippen LogP contribution in [0.1, 0.15) is 33.3 Å². The summed E-state index contributed by atoms with van der Waals surface area (Å²) in [6.45, 7) is 10.2. The number of benzene rings is 2. The number of hydrogen-bond acceptors (Lipinski definition) is 6. The van der Waals surface area contributed by atoms with Crippen molar-refractivity contribution in [3.8, 4) is 11.5 Å². The van der Waals surface area contributed by atoms with Gasteiger partial charge in [0.25, 0.3) is 0 Å². The van der Waals surface area contributed by atoms with Crippen molar-refractivity contribution in [2.45, 2.75) is 46.2 Å². The van der Waals surface area contributed by atoms with E-state index in [4.69, 9.17) is 0 Å². The molecular weight excluding hydrogens is 500 g/mol. The summed E-state index contributed by atoms with van der Waals surface area (Å²) < 4.78 is 3.94. The molecule has 5 aromatic rings. The number of rotatable bonds is 11. The molecule has 0 saturated heterocycles. The quantitative estimate of drug-likeness (QED) is 0.243.